The van der Waals surface area contributed by atoms with Crippen LogP contribution in [0.4, 0.5) is 0 Å². The zero-order valence-corrected chi connectivity index (χ0v) is 19.3. The average Bonchev–Trinajstić information content (AvgIpc) is 3.11. The number of ketones is 1. The van der Waals surface area contributed by atoms with Gasteiger partial charge in [0.15, 0.2) is 5.78 Å². The van der Waals surface area contributed by atoms with Gasteiger partial charge in [-0.2, -0.15) is 0 Å². The molecule has 2 fully saturated rings. The van der Waals surface area contributed by atoms with Crippen LogP contribution in [0.3, 0.4) is 0 Å². The molecular weight excluding hydrogens is 394 g/mol. The first-order valence-electron chi connectivity index (χ1n) is 12.5. The van der Waals surface area contributed by atoms with Crippen molar-refractivity contribution in [2.45, 2.75) is 70.9 Å². The van der Waals surface area contributed by atoms with E-state index < -0.39 is 0 Å². The molecule has 1 heterocycles. The lowest BCUT2D eigenvalue weighted by Crippen LogP contribution is -2.32. The standard InChI is InChI=1S/C29H35NO2/c1-21-16-27-24(19-28(21)32-26-10-6-3-7-11-26)18-25(29(27)31)17-22-12-14-30(15-13-22)20-23-8-4-2-5-9-23/h2,4-5,8-9,16-17,19,22,26H,3,6-7,10-15,18,20H2,1H3. The molecule has 0 spiro atoms. The van der Waals surface area contributed by atoms with Gasteiger partial charge in [-0.25, -0.2) is 0 Å². The van der Waals surface area contributed by atoms with Crippen molar-refractivity contribution < 1.29 is 9.53 Å². The number of benzene rings is 2. The normalized spacial score (nSPS) is 21.8. The minimum atomic E-state index is 0.235. The maximum atomic E-state index is 13.1. The lowest BCUT2D eigenvalue weighted by molar-refractivity contribution is 0.103. The van der Waals surface area contributed by atoms with Gasteiger partial charge in [-0.05, 0) is 93.3 Å². The molecule has 1 aliphatic heterocycles. The Morgan fingerprint density at radius 2 is 1.75 bits per heavy atom. The number of rotatable bonds is 5. The monoisotopic (exact) mass is 429 g/mol. The van der Waals surface area contributed by atoms with E-state index in [-0.39, 0.29) is 5.78 Å². The molecule has 0 radical (unpaired) electrons. The van der Waals surface area contributed by atoms with Gasteiger partial charge in [0.1, 0.15) is 5.75 Å². The van der Waals surface area contributed by atoms with Gasteiger partial charge in [0.05, 0.1) is 6.10 Å². The van der Waals surface area contributed by atoms with Crippen LogP contribution in [0.25, 0.3) is 0 Å². The summed E-state index contributed by atoms with van der Waals surface area (Å²) < 4.78 is 6.36. The van der Waals surface area contributed by atoms with Crippen LogP contribution in [-0.4, -0.2) is 29.9 Å². The molecule has 0 N–H and O–H groups in total. The van der Waals surface area contributed by atoms with E-state index in [1.165, 1.54) is 24.8 Å². The Kier molecular flexibility index (Phi) is 6.45. The molecule has 2 aromatic rings. The van der Waals surface area contributed by atoms with Gasteiger partial charge in [-0.15, -0.1) is 0 Å². The molecule has 32 heavy (non-hydrogen) atoms. The second-order valence-electron chi connectivity index (χ2n) is 9.95. The molecule has 3 heteroatoms. The van der Waals surface area contributed by atoms with E-state index in [0.29, 0.717) is 12.0 Å². The van der Waals surface area contributed by atoms with E-state index in [0.717, 1.165) is 79.8 Å². The fourth-order valence-corrected chi connectivity index (χ4v) is 5.57. The van der Waals surface area contributed by atoms with Crippen LogP contribution >= 0.6 is 0 Å². The second-order valence-corrected chi connectivity index (χ2v) is 9.95. The van der Waals surface area contributed by atoms with Crippen LogP contribution in [0.5, 0.6) is 5.75 Å². The summed E-state index contributed by atoms with van der Waals surface area (Å²) in [6.45, 7) is 5.30. The molecule has 0 atom stereocenters. The molecule has 3 aliphatic rings. The van der Waals surface area contributed by atoms with Gasteiger partial charge >= 0.3 is 0 Å². The molecule has 0 unspecified atom stereocenters. The van der Waals surface area contributed by atoms with Crippen molar-refractivity contribution >= 4 is 5.78 Å². The minimum absolute atomic E-state index is 0.235. The van der Waals surface area contributed by atoms with Gasteiger partial charge in [0.2, 0.25) is 0 Å². The van der Waals surface area contributed by atoms with Crippen molar-refractivity contribution in [3.8, 4) is 5.75 Å². The Hall–Kier alpha value is -2.39. The van der Waals surface area contributed by atoms with E-state index >= 15 is 0 Å². The Labute approximate surface area is 192 Å². The number of carbonyl (C=O) groups excluding carboxylic acids is 1. The highest BCUT2D eigenvalue weighted by molar-refractivity contribution is 6.13. The quantitative estimate of drug-likeness (QED) is 0.524. The van der Waals surface area contributed by atoms with Gasteiger partial charge in [-0.3, -0.25) is 9.69 Å². The average molecular weight is 430 g/mol. The van der Waals surface area contributed by atoms with Gasteiger partial charge in [0.25, 0.3) is 0 Å². The number of allylic oxidation sites excluding steroid dienone is 2. The lowest BCUT2D eigenvalue weighted by atomic mass is 9.93. The molecule has 0 aromatic heterocycles. The number of ether oxygens (including phenoxy) is 1. The topological polar surface area (TPSA) is 29.5 Å². The first-order valence-corrected chi connectivity index (χ1v) is 12.5. The summed E-state index contributed by atoms with van der Waals surface area (Å²) >= 11 is 0. The number of Topliss-reactive ketones (excluding diaryl/α,β-unsaturated/α-hetero) is 1. The van der Waals surface area contributed by atoms with Crippen LogP contribution in [0.15, 0.2) is 54.1 Å². The number of nitrogens with zero attached hydrogens (tertiary/aromatic N) is 1. The number of carbonyl (C=O) groups is 1. The molecular formula is C29H35NO2. The summed E-state index contributed by atoms with van der Waals surface area (Å²) in [6.07, 6.45) is 11.8. The second kappa shape index (κ2) is 9.62. The summed E-state index contributed by atoms with van der Waals surface area (Å²) in [6, 6.07) is 14.9. The third kappa shape index (κ3) is 4.83. The zero-order valence-electron chi connectivity index (χ0n) is 19.3. The maximum Gasteiger partial charge on any atom is 0.189 e. The van der Waals surface area contributed by atoms with Crippen LogP contribution in [0.2, 0.25) is 0 Å². The SMILES string of the molecule is Cc1cc2c(cc1OC1CCCCC1)CC(=CC1CCN(Cc3ccccc3)CC1)C2=O. The highest BCUT2D eigenvalue weighted by atomic mass is 16.5. The van der Waals surface area contributed by atoms with Crippen LogP contribution in [0.1, 0.15) is 72.0 Å². The largest absolute Gasteiger partial charge is 0.490 e. The lowest BCUT2D eigenvalue weighted by Gasteiger charge is -2.30. The molecule has 168 valence electrons. The number of likely N-dealkylation sites (tertiary alicyclic amines) is 1. The van der Waals surface area contributed by atoms with E-state index in [9.17, 15) is 4.79 Å². The van der Waals surface area contributed by atoms with Crippen molar-refractivity contribution in [3.05, 3.63) is 76.4 Å². The van der Waals surface area contributed by atoms with E-state index in [2.05, 4.69) is 60.4 Å². The molecule has 2 aromatic carbocycles. The van der Waals surface area contributed by atoms with Crippen molar-refractivity contribution in [2.75, 3.05) is 13.1 Å². The maximum absolute atomic E-state index is 13.1. The number of fused-ring (bicyclic) bond motifs is 1. The number of hydrogen-bond acceptors (Lipinski definition) is 3. The Morgan fingerprint density at radius 1 is 1.00 bits per heavy atom. The zero-order chi connectivity index (χ0) is 21.9. The first-order chi connectivity index (χ1) is 15.7. The third-order valence-electron chi connectivity index (χ3n) is 7.48. The summed E-state index contributed by atoms with van der Waals surface area (Å²) in [4.78, 5) is 15.6. The van der Waals surface area contributed by atoms with Crippen LogP contribution in [-0.2, 0) is 13.0 Å². The highest BCUT2D eigenvalue weighted by Gasteiger charge is 2.28. The van der Waals surface area contributed by atoms with Crippen molar-refractivity contribution in [1.82, 2.24) is 4.90 Å². The molecule has 5 rings (SSSR count). The van der Waals surface area contributed by atoms with Crippen molar-refractivity contribution in [1.29, 1.82) is 0 Å². The smallest absolute Gasteiger partial charge is 0.189 e. The third-order valence-corrected chi connectivity index (χ3v) is 7.48. The summed E-state index contributed by atoms with van der Waals surface area (Å²) in [5.41, 5.74) is 5.52. The van der Waals surface area contributed by atoms with E-state index in [1.54, 1.807) is 0 Å². The predicted octanol–water partition coefficient (Wildman–Crippen LogP) is 6.28. The predicted molar refractivity (Wildman–Crippen MR) is 129 cm³/mol. The number of hydrogen-bond donors (Lipinski definition) is 0. The Morgan fingerprint density at radius 3 is 2.50 bits per heavy atom. The Balaban J connectivity index is 1.21. The molecule has 0 bridgehead atoms. The van der Waals surface area contributed by atoms with Gasteiger partial charge in [-0.1, -0.05) is 42.8 Å². The van der Waals surface area contributed by atoms with Crippen molar-refractivity contribution in [2.24, 2.45) is 5.92 Å². The number of piperidine rings is 1. The van der Waals surface area contributed by atoms with Crippen LogP contribution in [0, 0.1) is 12.8 Å². The molecule has 1 saturated heterocycles. The minimum Gasteiger partial charge on any atom is -0.490 e. The molecule has 1 saturated carbocycles. The molecule has 0 amide bonds. The van der Waals surface area contributed by atoms with Crippen LogP contribution < -0.4 is 4.74 Å². The van der Waals surface area contributed by atoms with Gasteiger partial charge < -0.3 is 4.74 Å². The summed E-state index contributed by atoms with van der Waals surface area (Å²) in [5, 5.41) is 0. The van der Waals surface area contributed by atoms with E-state index in [4.69, 9.17) is 4.74 Å². The van der Waals surface area contributed by atoms with Gasteiger partial charge in [0, 0.05) is 24.1 Å². The summed E-state index contributed by atoms with van der Waals surface area (Å²) in [5.74, 6) is 1.73. The first kappa shape index (κ1) is 21.5. The molecule has 2 aliphatic carbocycles. The summed E-state index contributed by atoms with van der Waals surface area (Å²) in [7, 11) is 0. The fraction of sp³-hybridized carbons (Fsp3) is 0.483. The van der Waals surface area contributed by atoms with E-state index in [1.807, 2.05) is 0 Å². The highest BCUT2D eigenvalue weighted by Crippen LogP contribution is 2.35. The molecule has 3 nitrogen and oxygen atoms in total. The van der Waals surface area contributed by atoms with Crippen molar-refractivity contribution in [3.63, 3.8) is 0 Å². The Bertz CT molecular complexity index is 980. The number of aryl methyl sites for hydroxylation is 1. The fourth-order valence-electron chi connectivity index (χ4n) is 5.57.